The Morgan fingerprint density at radius 2 is 2.04 bits per heavy atom. The van der Waals surface area contributed by atoms with Crippen LogP contribution in [0.15, 0.2) is 29.9 Å². The van der Waals surface area contributed by atoms with E-state index in [1.54, 1.807) is 23.7 Å². The summed E-state index contributed by atoms with van der Waals surface area (Å²) >= 11 is 1.72. The van der Waals surface area contributed by atoms with E-state index in [4.69, 9.17) is 0 Å². The standard InChI is InChI=1S/C17H23N5OS/c1-14-4-11-24-15(14)12-20(2)16(23)13-21-7-9-22(10-8-21)17-18-5-3-6-19-17/h3-6,11H,7-10,12-13H2,1-2H3/p+1. The minimum atomic E-state index is 0.210. The van der Waals surface area contributed by atoms with E-state index in [9.17, 15) is 4.79 Å². The van der Waals surface area contributed by atoms with Crippen LogP contribution in [0.2, 0.25) is 0 Å². The first-order valence-electron chi connectivity index (χ1n) is 8.26. The van der Waals surface area contributed by atoms with Gasteiger partial charge in [0, 0.05) is 24.3 Å². The lowest BCUT2D eigenvalue weighted by Crippen LogP contribution is -3.15. The largest absolute Gasteiger partial charge is 0.336 e. The number of likely N-dealkylation sites (N-methyl/N-ethyl adjacent to an activating group) is 1. The molecule has 1 fully saturated rings. The van der Waals surface area contributed by atoms with Gasteiger partial charge in [-0.15, -0.1) is 11.3 Å². The van der Waals surface area contributed by atoms with Crippen molar-refractivity contribution in [2.45, 2.75) is 13.5 Å². The first-order chi connectivity index (χ1) is 11.6. The minimum absolute atomic E-state index is 0.210. The number of carbonyl (C=O) groups excluding carboxylic acids is 1. The molecule has 0 spiro atoms. The molecule has 7 heteroatoms. The van der Waals surface area contributed by atoms with Crippen molar-refractivity contribution in [2.24, 2.45) is 0 Å². The summed E-state index contributed by atoms with van der Waals surface area (Å²) in [5.74, 6) is 0.996. The summed E-state index contributed by atoms with van der Waals surface area (Å²) in [6.45, 7) is 7.02. The lowest BCUT2D eigenvalue weighted by atomic mass is 10.2. The summed E-state index contributed by atoms with van der Waals surface area (Å²) in [7, 11) is 1.90. The maximum Gasteiger partial charge on any atom is 0.277 e. The molecule has 1 N–H and O–H groups in total. The Balaban J connectivity index is 1.47. The third-order valence-electron chi connectivity index (χ3n) is 4.48. The third kappa shape index (κ3) is 4.10. The van der Waals surface area contributed by atoms with Crippen molar-refractivity contribution >= 4 is 23.2 Å². The zero-order valence-electron chi connectivity index (χ0n) is 14.2. The maximum atomic E-state index is 12.5. The minimum Gasteiger partial charge on any atom is -0.336 e. The van der Waals surface area contributed by atoms with Gasteiger partial charge in [0.1, 0.15) is 0 Å². The summed E-state index contributed by atoms with van der Waals surface area (Å²) in [5, 5.41) is 2.08. The number of piperazine rings is 1. The fraction of sp³-hybridized carbons (Fsp3) is 0.471. The number of aryl methyl sites for hydroxylation is 1. The molecule has 128 valence electrons. The molecule has 0 radical (unpaired) electrons. The van der Waals surface area contributed by atoms with E-state index in [0.29, 0.717) is 13.1 Å². The van der Waals surface area contributed by atoms with Gasteiger partial charge in [0.25, 0.3) is 5.91 Å². The molecular weight excluding hydrogens is 322 g/mol. The molecule has 0 saturated carbocycles. The van der Waals surface area contributed by atoms with Crippen LogP contribution in [0.4, 0.5) is 5.95 Å². The number of thiophene rings is 1. The predicted octanol–water partition coefficient (Wildman–Crippen LogP) is 0.210. The second kappa shape index (κ2) is 7.72. The highest BCUT2D eigenvalue weighted by Gasteiger charge is 2.25. The van der Waals surface area contributed by atoms with Crippen LogP contribution in [0.3, 0.4) is 0 Å². The Bertz CT molecular complexity index is 667. The number of quaternary nitrogens is 1. The van der Waals surface area contributed by atoms with Crippen molar-refractivity contribution in [1.82, 2.24) is 14.9 Å². The Hall–Kier alpha value is -1.99. The van der Waals surface area contributed by atoms with Crippen molar-refractivity contribution in [2.75, 3.05) is 44.7 Å². The summed E-state index contributed by atoms with van der Waals surface area (Å²) < 4.78 is 0. The molecule has 0 atom stereocenters. The molecule has 1 aliphatic heterocycles. The molecule has 0 aliphatic carbocycles. The molecule has 0 bridgehead atoms. The number of hydrogen-bond acceptors (Lipinski definition) is 5. The van der Waals surface area contributed by atoms with E-state index < -0.39 is 0 Å². The molecular formula is C17H24N5OS+. The predicted molar refractivity (Wildman–Crippen MR) is 95.3 cm³/mol. The van der Waals surface area contributed by atoms with Crippen LogP contribution in [0.25, 0.3) is 0 Å². The molecule has 1 aliphatic rings. The van der Waals surface area contributed by atoms with E-state index in [-0.39, 0.29) is 5.91 Å². The van der Waals surface area contributed by atoms with Crippen LogP contribution in [-0.4, -0.2) is 60.5 Å². The zero-order chi connectivity index (χ0) is 16.9. The molecule has 2 aromatic heterocycles. The van der Waals surface area contributed by atoms with Crippen LogP contribution in [0, 0.1) is 6.92 Å². The number of amides is 1. The normalized spacial score (nSPS) is 15.5. The van der Waals surface area contributed by atoms with Crippen LogP contribution in [0.5, 0.6) is 0 Å². The van der Waals surface area contributed by atoms with Crippen LogP contribution < -0.4 is 9.80 Å². The summed E-state index contributed by atoms with van der Waals surface area (Å²) in [4.78, 5) is 27.7. The van der Waals surface area contributed by atoms with Crippen molar-refractivity contribution in [3.8, 4) is 0 Å². The summed E-state index contributed by atoms with van der Waals surface area (Å²) in [6, 6.07) is 3.93. The van der Waals surface area contributed by atoms with E-state index in [1.165, 1.54) is 15.3 Å². The molecule has 1 amide bonds. The number of nitrogens with one attached hydrogen (secondary N) is 1. The van der Waals surface area contributed by atoms with Gasteiger partial charge in [-0.1, -0.05) is 0 Å². The highest BCUT2D eigenvalue weighted by Crippen LogP contribution is 2.17. The first-order valence-corrected chi connectivity index (χ1v) is 9.14. The average molecular weight is 346 g/mol. The van der Waals surface area contributed by atoms with Crippen LogP contribution in [0.1, 0.15) is 10.4 Å². The van der Waals surface area contributed by atoms with Gasteiger partial charge in [0.15, 0.2) is 6.54 Å². The van der Waals surface area contributed by atoms with E-state index in [2.05, 4.69) is 33.2 Å². The van der Waals surface area contributed by atoms with Crippen molar-refractivity contribution in [3.63, 3.8) is 0 Å². The van der Waals surface area contributed by atoms with Crippen LogP contribution in [-0.2, 0) is 11.3 Å². The fourth-order valence-electron chi connectivity index (χ4n) is 2.87. The second-order valence-electron chi connectivity index (χ2n) is 6.24. The number of rotatable bonds is 5. The average Bonchev–Trinajstić information content (AvgIpc) is 3.01. The molecule has 6 nitrogen and oxygen atoms in total. The van der Waals surface area contributed by atoms with Gasteiger partial charge in [-0.3, -0.25) is 4.79 Å². The highest BCUT2D eigenvalue weighted by atomic mass is 32.1. The topological polar surface area (TPSA) is 53.8 Å². The molecule has 3 rings (SSSR count). The number of nitrogens with zero attached hydrogens (tertiary/aromatic N) is 4. The third-order valence-corrected chi connectivity index (χ3v) is 5.49. The van der Waals surface area contributed by atoms with E-state index >= 15 is 0 Å². The quantitative estimate of drug-likeness (QED) is 0.841. The number of carbonyl (C=O) groups is 1. The Morgan fingerprint density at radius 1 is 1.33 bits per heavy atom. The van der Waals surface area contributed by atoms with Crippen molar-refractivity contribution < 1.29 is 9.69 Å². The summed E-state index contributed by atoms with van der Waals surface area (Å²) in [5.41, 5.74) is 1.27. The monoisotopic (exact) mass is 346 g/mol. The molecule has 3 heterocycles. The first kappa shape index (κ1) is 16.9. The SMILES string of the molecule is Cc1ccsc1CN(C)C(=O)C[NH+]1CCN(c2ncccn2)CC1. The molecule has 24 heavy (non-hydrogen) atoms. The number of aromatic nitrogens is 2. The van der Waals surface area contributed by atoms with Gasteiger partial charge >= 0.3 is 0 Å². The smallest absolute Gasteiger partial charge is 0.277 e. The Morgan fingerprint density at radius 3 is 2.67 bits per heavy atom. The van der Waals surface area contributed by atoms with Gasteiger partial charge in [-0.25, -0.2) is 9.97 Å². The molecule has 0 unspecified atom stereocenters. The molecule has 0 aromatic carbocycles. The van der Waals surface area contributed by atoms with E-state index in [1.807, 2.05) is 18.0 Å². The lowest BCUT2D eigenvalue weighted by Gasteiger charge is -2.32. The fourth-order valence-corrected chi connectivity index (χ4v) is 3.83. The maximum absolute atomic E-state index is 12.5. The van der Waals surface area contributed by atoms with Gasteiger partial charge in [0.05, 0.1) is 32.7 Å². The number of anilines is 1. The Kier molecular flexibility index (Phi) is 5.42. The van der Waals surface area contributed by atoms with Gasteiger partial charge in [0.2, 0.25) is 5.95 Å². The molecule has 2 aromatic rings. The van der Waals surface area contributed by atoms with E-state index in [0.717, 1.165) is 32.1 Å². The van der Waals surface area contributed by atoms with Gasteiger partial charge in [-0.2, -0.15) is 0 Å². The van der Waals surface area contributed by atoms with Crippen LogP contribution >= 0.6 is 11.3 Å². The Labute approximate surface area is 146 Å². The van der Waals surface area contributed by atoms with Crippen molar-refractivity contribution in [1.29, 1.82) is 0 Å². The zero-order valence-corrected chi connectivity index (χ0v) is 15.1. The second-order valence-corrected chi connectivity index (χ2v) is 7.24. The molecule has 1 saturated heterocycles. The summed E-state index contributed by atoms with van der Waals surface area (Å²) in [6.07, 6.45) is 3.54. The van der Waals surface area contributed by atoms with Gasteiger partial charge < -0.3 is 14.7 Å². The van der Waals surface area contributed by atoms with Gasteiger partial charge in [-0.05, 0) is 30.0 Å². The van der Waals surface area contributed by atoms with Crippen molar-refractivity contribution in [3.05, 3.63) is 40.3 Å². The number of hydrogen-bond donors (Lipinski definition) is 1. The lowest BCUT2D eigenvalue weighted by molar-refractivity contribution is -0.892. The highest BCUT2D eigenvalue weighted by molar-refractivity contribution is 7.10.